The van der Waals surface area contributed by atoms with Gasteiger partial charge in [-0.3, -0.25) is 0 Å². The van der Waals surface area contributed by atoms with Gasteiger partial charge in [0.05, 0.1) is 5.60 Å². The van der Waals surface area contributed by atoms with E-state index in [1.165, 1.54) is 19.3 Å². The molecule has 1 N–H and O–H groups in total. The Balaban J connectivity index is 1.67. The van der Waals surface area contributed by atoms with Gasteiger partial charge in [0.1, 0.15) is 12.7 Å². The van der Waals surface area contributed by atoms with Gasteiger partial charge in [0.2, 0.25) is 0 Å². The highest BCUT2D eigenvalue weighted by atomic mass is 16.6. The van der Waals surface area contributed by atoms with Crippen molar-refractivity contribution in [3.05, 3.63) is 0 Å². The van der Waals surface area contributed by atoms with Gasteiger partial charge in [-0.15, -0.1) is 0 Å². The zero-order chi connectivity index (χ0) is 13.0. The monoisotopic (exact) mass is 255 g/mol. The highest BCUT2D eigenvalue weighted by Crippen LogP contribution is 2.28. The lowest BCUT2D eigenvalue weighted by Crippen LogP contribution is -2.59. The number of esters is 1. The van der Waals surface area contributed by atoms with Crippen LogP contribution < -0.4 is 5.32 Å². The Kier molecular flexibility index (Phi) is 4.62. The van der Waals surface area contributed by atoms with E-state index >= 15 is 0 Å². The molecule has 1 heterocycles. The van der Waals surface area contributed by atoms with E-state index in [4.69, 9.17) is 9.47 Å². The molecule has 1 aliphatic carbocycles. The van der Waals surface area contributed by atoms with E-state index in [-0.39, 0.29) is 24.3 Å². The van der Waals surface area contributed by atoms with Gasteiger partial charge in [0.25, 0.3) is 0 Å². The van der Waals surface area contributed by atoms with Gasteiger partial charge >= 0.3 is 5.97 Å². The SMILES string of the molecule is CCC1CCCC(OC(=O)COC2(C)CNC2)C1. The van der Waals surface area contributed by atoms with Crippen LogP contribution in [0.1, 0.15) is 46.0 Å². The van der Waals surface area contributed by atoms with Crippen molar-refractivity contribution in [2.45, 2.75) is 57.7 Å². The van der Waals surface area contributed by atoms with Gasteiger partial charge in [0.15, 0.2) is 0 Å². The molecule has 0 aromatic heterocycles. The Morgan fingerprint density at radius 2 is 2.17 bits per heavy atom. The Hall–Kier alpha value is -0.610. The molecule has 104 valence electrons. The van der Waals surface area contributed by atoms with Crippen molar-refractivity contribution in [2.75, 3.05) is 19.7 Å². The lowest BCUT2D eigenvalue weighted by atomic mass is 9.85. The van der Waals surface area contributed by atoms with Gasteiger partial charge in [-0.2, -0.15) is 0 Å². The first-order valence-electron chi connectivity index (χ1n) is 7.15. The van der Waals surface area contributed by atoms with E-state index in [0.29, 0.717) is 0 Å². The Labute approximate surface area is 109 Å². The van der Waals surface area contributed by atoms with Gasteiger partial charge in [-0.1, -0.05) is 19.8 Å². The van der Waals surface area contributed by atoms with Crippen LogP contribution in [-0.2, 0) is 14.3 Å². The van der Waals surface area contributed by atoms with Crippen LogP contribution in [0.15, 0.2) is 0 Å². The maximum atomic E-state index is 11.7. The molecule has 0 bridgehead atoms. The minimum Gasteiger partial charge on any atom is -0.461 e. The molecule has 2 aliphatic rings. The third-order valence-corrected chi connectivity index (χ3v) is 4.15. The van der Waals surface area contributed by atoms with Crippen LogP contribution in [0.2, 0.25) is 0 Å². The standard InChI is InChI=1S/C14H25NO3/c1-3-11-5-4-6-12(7-11)18-13(16)8-17-14(2)9-15-10-14/h11-12,15H,3-10H2,1-2H3. The fraction of sp³-hybridized carbons (Fsp3) is 0.929. The van der Waals surface area contributed by atoms with Crippen molar-refractivity contribution in [1.82, 2.24) is 5.32 Å². The van der Waals surface area contributed by atoms with Crippen molar-refractivity contribution in [1.29, 1.82) is 0 Å². The zero-order valence-corrected chi connectivity index (χ0v) is 11.5. The zero-order valence-electron chi connectivity index (χ0n) is 11.5. The number of hydrogen-bond donors (Lipinski definition) is 1. The summed E-state index contributed by atoms with van der Waals surface area (Å²) in [5.41, 5.74) is -0.169. The van der Waals surface area contributed by atoms with Crippen LogP contribution in [0.3, 0.4) is 0 Å². The molecule has 4 nitrogen and oxygen atoms in total. The maximum Gasteiger partial charge on any atom is 0.332 e. The van der Waals surface area contributed by atoms with Crippen LogP contribution in [0, 0.1) is 5.92 Å². The van der Waals surface area contributed by atoms with Crippen molar-refractivity contribution in [2.24, 2.45) is 5.92 Å². The van der Waals surface area contributed by atoms with E-state index in [1.54, 1.807) is 0 Å². The molecule has 0 aromatic carbocycles. The van der Waals surface area contributed by atoms with Gasteiger partial charge in [0, 0.05) is 13.1 Å². The minimum atomic E-state index is -0.204. The fourth-order valence-corrected chi connectivity index (χ4v) is 2.75. The molecular formula is C14H25NO3. The van der Waals surface area contributed by atoms with Crippen molar-refractivity contribution < 1.29 is 14.3 Å². The van der Waals surface area contributed by atoms with Crippen LogP contribution in [0.25, 0.3) is 0 Å². The second-order valence-electron chi connectivity index (χ2n) is 5.89. The quantitative estimate of drug-likeness (QED) is 0.762. The van der Waals surface area contributed by atoms with Crippen LogP contribution in [0.5, 0.6) is 0 Å². The summed E-state index contributed by atoms with van der Waals surface area (Å²) >= 11 is 0. The second-order valence-corrected chi connectivity index (χ2v) is 5.89. The number of nitrogens with one attached hydrogen (secondary N) is 1. The summed E-state index contributed by atoms with van der Waals surface area (Å²) in [6.07, 6.45) is 5.81. The first-order valence-corrected chi connectivity index (χ1v) is 7.15. The van der Waals surface area contributed by atoms with E-state index in [0.717, 1.165) is 31.8 Å². The molecule has 2 fully saturated rings. The molecule has 2 atom stereocenters. The Morgan fingerprint density at radius 3 is 2.78 bits per heavy atom. The normalized spacial score (nSPS) is 30.6. The molecule has 0 spiro atoms. The average molecular weight is 255 g/mol. The summed E-state index contributed by atoms with van der Waals surface area (Å²) in [4.78, 5) is 11.7. The summed E-state index contributed by atoms with van der Waals surface area (Å²) in [6, 6.07) is 0. The summed E-state index contributed by atoms with van der Waals surface area (Å²) in [6.45, 7) is 5.96. The summed E-state index contributed by atoms with van der Waals surface area (Å²) in [5.74, 6) is 0.524. The number of rotatable bonds is 5. The Bertz CT molecular complexity index is 289. The van der Waals surface area contributed by atoms with Crippen molar-refractivity contribution >= 4 is 5.97 Å². The van der Waals surface area contributed by atoms with Gasteiger partial charge in [-0.05, 0) is 32.1 Å². The first kappa shape index (κ1) is 13.8. The maximum absolute atomic E-state index is 11.7. The first-order chi connectivity index (χ1) is 8.61. The average Bonchev–Trinajstić information content (AvgIpc) is 2.34. The van der Waals surface area contributed by atoms with Crippen molar-refractivity contribution in [3.63, 3.8) is 0 Å². The lowest BCUT2D eigenvalue weighted by Gasteiger charge is -2.38. The molecule has 1 saturated heterocycles. The molecule has 0 amide bonds. The third kappa shape index (κ3) is 3.69. The number of carbonyl (C=O) groups excluding carboxylic acids is 1. The molecule has 1 aliphatic heterocycles. The van der Waals surface area contributed by atoms with Crippen LogP contribution >= 0.6 is 0 Å². The van der Waals surface area contributed by atoms with Crippen LogP contribution in [-0.4, -0.2) is 37.4 Å². The van der Waals surface area contributed by atoms with E-state index in [9.17, 15) is 4.79 Å². The largest absolute Gasteiger partial charge is 0.461 e. The Morgan fingerprint density at radius 1 is 1.39 bits per heavy atom. The molecule has 1 saturated carbocycles. The topological polar surface area (TPSA) is 47.6 Å². The molecular weight excluding hydrogens is 230 g/mol. The van der Waals surface area contributed by atoms with E-state index in [1.807, 2.05) is 6.92 Å². The summed E-state index contributed by atoms with van der Waals surface area (Å²) < 4.78 is 11.1. The number of carbonyl (C=O) groups is 1. The second kappa shape index (κ2) is 6.02. The molecule has 2 unspecified atom stereocenters. The molecule has 0 aromatic rings. The number of hydrogen-bond acceptors (Lipinski definition) is 4. The minimum absolute atomic E-state index is 0.0888. The molecule has 4 heteroatoms. The van der Waals surface area contributed by atoms with Crippen LogP contribution in [0.4, 0.5) is 0 Å². The molecule has 18 heavy (non-hydrogen) atoms. The number of ether oxygens (including phenoxy) is 2. The van der Waals surface area contributed by atoms with Gasteiger partial charge in [-0.25, -0.2) is 4.79 Å². The highest BCUT2D eigenvalue weighted by molar-refractivity contribution is 5.71. The predicted molar refractivity (Wildman–Crippen MR) is 69.4 cm³/mol. The van der Waals surface area contributed by atoms with E-state index in [2.05, 4.69) is 12.2 Å². The van der Waals surface area contributed by atoms with Gasteiger partial charge < -0.3 is 14.8 Å². The molecule has 0 radical (unpaired) electrons. The summed E-state index contributed by atoms with van der Waals surface area (Å²) in [5, 5.41) is 3.14. The fourth-order valence-electron chi connectivity index (χ4n) is 2.75. The van der Waals surface area contributed by atoms with Crippen molar-refractivity contribution in [3.8, 4) is 0 Å². The smallest absolute Gasteiger partial charge is 0.332 e. The lowest BCUT2D eigenvalue weighted by molar-refractivity contribution is -0.165. The summed E-state index contributed by atoms with van der Waals surface area (Å²) in [7, 11) is 0. The highest BCUT2D eigenvalue weighted by Gasteiger charge is 2.33. The molecule has 2 rings (SSSR count). The third-order valence-electron chi connectivity index (χ3n) is 4.15. The van der Waals surface area contributed by atoms with E-state index < -0.39 is 0 Å². The predicted octanol–water partition coefficient (Wildman–Crippen LogP) is 1.88.